The Morgan fingerprint density at radius 1 is 1.20 bits per heavy atom. The molecular formula is C18H35NO. The molecule has 2 heteroatoms. The smallest absolute Gasteiger partial charge is 0.137 e. The second kappa shape index (κ2) is 6.17. The minimum Gasteiger partial charge on any atom is -0.302 e. The number of hydrogen-bond acceptors (Lipinski definition) is 2. The fourth-order valence-corrected chi connectivity index (χ4v) is 3.24. The number of rotatable bonds is 3. The number of Topliss-reactive ketones (excluding diaryl/α,β-unsaturated/α-hetero) is 1. The van der Waals surface area contributed by atoms with Crippen molar-refractivity contribution in [3.8, 4) is 0 Å². The normalized spacial score (nSPS) is 26.9. The third-order valence-corrected chi connectivity index (χ3v) is 5.41. The largest absolute Gasteiger partial charge is 0.302 e. The van der Waals surface area contributed by atoms with Crippen molar-refractivity contribution >= 4 is 5.78 Å². The van der Waals surface area contributed by atoms with Crippen LogP contribution >= 0.6 is 0 Å². The molecule has 0 aromatic heterocycles. The standard InChI is InChI=1S/C18H35NO/c1-13(17(2,3)4)19(8)12-14-11-15(18(5,6)7)9-10-16(14)20/h13-15H,9-12H2,1-8H3. The van der Waals surface area contributed by atoms with E-state index in [-0.39, 0.29) is 11.3 Å². The summed E-state index contributed by atoms with van der Waals surface area (Å²) in [7, 11) is 2.17. The van der Waals surface area contributed by atoms with Crippen LogP contribution in [0.2, 0.25) is 0 Å². The van der Waals surface area contributed by atoms with Gasteiger partial charge in [-0.1, -0.05) is 41.5 Å². The molecule has 1 saturated carbocycles. The summed E-state index contributed by atoms with van der Waals surface area (Å²) >= 11 is 0. The van der Waals surface area contributed by atoms with E-state index in [1.165, 1.54) is 0 Å². The molecule has 1 aliphatic carbocycles. The number of carbonyl (C=O) groups is 1. The summed E-state index contributed by atoms with van der Waals surface area (Å²) in [6, 6.07) is 0.491. The van der Waals surface area contributed by atoms with Crippen LogP contribution in [0.15, 0.2) is 0 Å². The van der Waals surface area contributed by atoms with E-state index >= 15 is 0 Å². The SMILES string of the molecule is CC(N(C)CC1CC(C(C)(C)C)CCC1=O)C(C)(C)C. The van der Waals surface area contributed by atoms with Crippen LogP contribution in [0.5, 0.6) is 0 Å². The van der Waals surface area contributed by atoms with Gasteiger partial charge in [0.15, 0.2) is 0 Å². The highest BCUT2D eigenvalue weighted by Gasteiger charge is 2.36. The van der Waals surface area contributed by atoms with Crippen LogP contribution in [-0.4, -0.2) is 30.3 Å². The van der Waals surface area contributed by atoms with Crippen LogP contribution in [0.4, 0.5) is 0 Å². The molecule has 118 valence electrons. The minimum absolute atomic E-state index is 0.239. The molecule has 20 heavy (non-hydrogen) atoms. The van der Waals surface area contributed by atoms with Gasteiger partial charge in [-0.15, -0.1) is 0 Å². The number of hydrogen-bond donors (Lipinski definition) is 0. The predicted molar refractivity (Wildman–Crippen MR) is 86.8 cm³/mol. The first-order chi connectivity index (χ1) is 8.93. The highest BCUT2D eigenvalue weighted by atomic mass is 16.1. The van der Waals surface area contributed by atoms with Crippen molar-refractivity contribution in [2.45, 2.75) is 73.8 Å². The summed E-state index contributed by atoms with van der Waals surface area (Å²) in [6.07, 6.45) is 2.94. The maximum absolute atomic E-state index is 12.2. The number of ketones is 1. The van der Waals surface area contributed by atoms with Crippen molar-refractivity contribution in [1.29, 1.82) is 0 Å². The van der Waals surface area contributed by atoms with Crippen molar-refractivity contribution in [3.63, 3.8) is 0 Å². The van der Waals surface area contributed by atoms with Crippen molar-refractivity contribution < 1.29 is 4.79 Å². The van der Waals surface area contributed by atoms with Crippen molar-refractivity contribution in [3.05, 3.63) is 0 Å². The van der Waals surface area contributed by atoms with Gasteiger partial charge >= 0.3 is 0 Å². The third-order valence-electron chi connectivity index (χ3n) is 5.41. The summed E-state index contributed by atoms with van der Waals surface area (Å²) in [5.74, 6) is 1.41. The summed E-state index contributed by atoms with van der Waals surface area (Å²) < 4.78 is 0. The van der Waals surface area contributed by atoms with E-state index in [1.807, 2.05) is 0 Å². The van der Waals surface area contributed by atoms with Gasteiger partial charge in [-0.25, -0.2) is 0 Å². The van der Waals surface area contributed by atoms with Crippen LogP contribution in [0.1, 0.15) is 67.7 Å². The Morgan fingerprint density at radius 3 is 2.20 bits per heavy atom. The molecule has 0 aromatic carbocycles. The minimum atomic E-state index is 0.239. The van der Waals surface area contributed by atoms with E-state index in [1.54, 1.807) is 0 Å². The summed E-state index contributed by atoms with van der Waals surface area (Å²) in [6.45, 7) is 16.9. The van der Waals surface area contributed by atoms with E-state index < -0.39 is 0 Å². The first-order valence-electron chi connectivity index (χ1n) is 8.16. The molecule has 1 fully saturated rings. The second-order valence-electron chi connectivity index (χ2n) is 8.98. The van der Waals surface area contributed by atoms with Gasteiger partial charge in [0.1, 0.15) is 5.78 Å². The molecule has 0 aromatic rings. The highest BCUT2D eigenvalue weighted by Crippen LogP contribution is 2.39. The van der Waals surface area contributed by atoms with E-state index in [4.69, 9.17) is 0 Å². The average Bonchev–Trinajstić information content (AvgIpc) is 2.28. The molecule has 2 nitrogen and oxygen atoms in total. The summed E-state index contributed by atoms with van der Waals surface area (Å²) in [5.41, 5.74) is 0.586. The van der Waals surface area contributed by atoms with Crippen LogP contribution in [-0.2, 0) is 4.79 Å². The van der Waals surface area contributed by atoms with Gasteiger partial charge in [0, 0.05) is 24.9 Å². The van der Waals surface area contributed by atoms with Gasteiger partial charge in [-0.2, -0.15) is 0 Å². The van der Waals surface area contributed by atoms with Crippen molar-refractivity contribution in [1.82, 2.24) is 4.90 Å². The molecule has 3 atom stereocenters. The molecule has 0 bridgehead atoms. The Bertz CT molecular complexity index is 334. The Labute approximate surface area is 126 Å². The van der Waals surface area contributed by atoms with Gasteiger partial charge in [-0.05, 0) is 43.6 Å². The Kier molecular flexibility index (Phi) is 5.46. The fourth-order valence-electron chi connectivity index (χ4n) is 3.24. The zero-order chi connectivity index (χ0) is 15.7. The second-order valence-corrected chi connectivity index (χ2v) is 8.98. The van der Waals surface area contributed by atoms with E-state index in [0.717, 1.165) is 25.8 Å². The lowest BCUT2D eigenvalue weighted by molar-refractivity contribution is -0.127. The fraction of sp³-hybridized carbons (Fsp3) is 0.944. The molecule has 1 rings (SSSR count). The maximum Gasteiger partial charge on any atom is 0.137 e. The molecule has 0 spiro atoms. The molecule has 1 aliphatic rings. The molecule has 0 aliphatic heterocycles. The highest BCUT2D eigenvalue weighted by molar-refractivity contribution is 5.82. The lowest BCUT2D eigenvalue weighted by Gasteiger charge is -2.41. The van der Waals surface area contributed by atoms with Crippen LogP contribution in [0.3, 0.4) is 0 Å². The average molecular weight is 281 g/mol. The number of carbonyl (C=O) groups excluding carboxylic acids is 1. The van der Waals surface area contributed by atoms with Gasteiger partial charge in [0.25, 0.3) is 0 Å². The van der Waals surface area contributed by atoms with Gasteiger partial charge < -0.3 is 4.90 Å². The molecule has 0 saturated heterocycles. The molecule has 0 radical (unpaired) electrons. The monoisotopic (exact) mass is 281 g/mol. The zero-order valence-electron chi connectivity index (χ0n) is 14.9. The molecular weight excluding hydrogens is 246 g/mol. The Hall–Kier alpha value is -0.370. The molecule has 0 N–H and O–H groups in total. The number of nitrogens with zero attached hydrogens (tertiary/aromatic N) is 1. The van der Waals surface area contributed by atoms with E-state index in [0.29, 0.717) is 23.2 Å². The van der Waals surface area contributed by atoms with Crippen LogP contribution in [0, 0.1) is 22.7 Å². The topological polar surface area (TPSA) is 20.3 Å². The quantitative estimate of drug-likeness (QED) is 0.765. The first-order valence-corrected chi connectivity index (χ1v) is 8.16. The van der Waals surface area contributed by atoms with Gasteiger partial charge in [-0.3, -0.25) is 4.79 Å². The summed E-state index contributed by atoms with van der Waals surface area (Å²) in [5, 5.41) is 0. The Balaban J connectivity index is 2.68. The summed E-state index contributed by atoms with van der Waals surface area (Å²) in [4.78, 5) is 14.6. The molecule has 3 unspecified atom stereocenters. The van der Waals surface area contributed by atoms with E-state index in [2.05, 4.69) is 60.4 Å². The Morgan fingerprint density at radius 2 is 1.75 bits per heavy atom. The van der Waals surface area contributed by atoms with Crippen molar-refractivity contribution in [2.24, 2.45) is 22.7 Å². The lowest BCUT2D eigenvalue weighted by atomic mass is 9.68. The first kappa shape index (κ1) is 17.7. The van der Waals surface area contributed by atoms with Gasteiger partial charge in [0.2, 0.25) is 0 Å². The van der Waals surface area contributed by atoms with Crippen molar-refractivity contribution in [2.75, 3.05) is 13.6 Å². The van der Waals surface area contributed by atoms with Crippen LogP contribution < -0.4 is 0 Å². The third kappa shape index (κ3) is 4.58. The molecule has 0 heterocycles. The maximum atomic E-state index is 12.2. The zero-order valence-corrected chi connectivity index (χ0v) is 14.9. The predicted octanol–water partition coefficient (Wildman–Crippen LogP) is 4.38. The van der Waals surface area contributed by atoms with Gasteiger partial charge in [0.05, 0.1) is 0 Å². The lowest BCUT2D eigenvalue weighted by Crippen LogP contribution is -2.45. The van der Waals surface area contributed by atoms with Crippen LogP contribution in [0.25, 0.3) is 0 Å². The van der Waals surface area contributed by atoms with E-state index in [9.17, 15) is 4.79 Å². The molecule has 0 amide bonds.